The molecule has 94 heavy (non-hydrogen) atoms. The summed E-state index contributed by atoms with van der Waals surface area (Å²) in [5, 5.41) is 45.2. The largest absolute Gasteiger partial charge is 0.392 e. The fourth-order valence-electron chi connectivity index (χ4n) is 14.1. The van der Waals surface area contributed by atoms with Gasteiger partial charge in [-0.1, -0.05) is 359 Å². The second-order valence-corrected chi connectivity index (χ2v) is 32.2. The van der Waals surface area contributed by atoms with Crippen LogP contribution in [0, 0.1) is 0 Å². The van der Waals surface area contributed by atoms with Gasteiger partial charge in [-0.25, -0.2) is 0 Å². The fourth-order valence-corrected chi connectivity index (χ4v) is 15.9. The summed E-state index contributed by atoms with van der Waals surface area (Å²) in [5.41, 5.74) is 0. The van der Waals surface area contributed by atoms with Crippen molar-refractivity contribution in [3.63, 3.8) is 0 Å². The normalized spacial score (nSPS) is 14.7. The third kappa shape index (κ3) is 65.1. The van der Waals surface area contributed by atoms with Crippen LogP contribution in [0.4, 0.5) is 0 Å². The molecular formula is C82H164N4O6S2. The van der Waals surface area contributed by atoms with E-state index in [4.69, 9.17) is 0 Å². The van der Waals surface area contributed by atoms with Gasteiger partial charge in [0, 0.05) is 89.8 Å². The van der Waals surface area contributed by atoms with Gasteiger partial charge < -0.3 is 20.4 Å². The summed E-state index contributed by atoms with van der Waals surface area (Å²) in [6, 6.07) is 0. The highest BCUT2D eigenvalue weighted by Crippen LogP contribution is 2.21. The van der Waals surface area contributed by atoms with Crippen molar-refractivity contribution >= 4 is 33.8 Å². The molecule has 4 N–H and O–H groups in total. The van der Waals surface area contributed by atoms with Crippen molar-refractivity contribution in [2.24, 2.45) is 0 Å². The second-order valence-electron chi connectivity index (χ2n) is 29.9. The van der Waals surface area contributed by atoms with E-state index in [2.05, 4.69) is 47.3 Å². The number of rotatable bonds is 76. The van der Waals surface area contributed by atoms with Gasteiger partial charge in [0.1, 0.15) is 0 Å². The molecule has 0 saturated carbocycles. The molecule has 0 amide bonds. The van der Waals surface area contributed by atoms with Crippen molar-refractivity contribution in [3.8, 4) is 0 Å². The molecule has 4 atom stereocenters. The van der Waals surface area contributed by atoms with Gasteiger partial charge in [0.25, 0.3) is 0 Å². The van der Waals surface area contributed by atoms with Crippen molar-refractivity contribution in [2.45, 2.75) is 425 Å². The molecule has 0 bridgehead atoms. The molecule has 1 heterocycles. The monoisotopic (exact) mass is 1370 g/mol. The minimum absolute atomic E-state index is 0.279. The molecule has 1 aliphatic rings. The zero-order valence-electron chi connectivity index (χ0n) is 63.4. The summed E-state index contributed by atoms with van der Waals surface area (Å²) >= 11 is 2.97. The Kier molecular flexibility index (Phi) is 70.8. The molecule has 4 unspecified atom stereocenters. The Bertz CT molecular complexity index is 1360. The van der Waals surface area contributed by atoms with E-state index >= 15 is 0 Å². The first-order valence-electron chi connectivity index (χ1n) is 42.0. The summed E-state index contributed by atoms with van der Waals surface area (Å²) < 4.78 is 0. The maximum absolute atomic E-state index is 13.1. The quantitative estimate of drug-likeness (QED) is 0.0433. The Morgan fingerprint density at radius 1 is 0.287 bits per heavy atom. The molecule has 0 aromatic carbocycles. The summed E-state index contributed by atoms with van der Waals surface area (Å²) in [5.74, 6) is 1.65. The zero-order chi connectivity index (χ0) is 68.1. The Balaban J connectivity index is 2.42. The van der Waals surface area contributed by atoms with E-state index in [1.54, 1.807) is 0 Å². The number of carbonyl (C=O) groups excluding carboxylic acids is 2. The smallest absolute Gasteiger partial charge is 0.188 e. The molecule has 1 aliphatic heterocycles. The average molecular weight is 1370 g/mol. The predicted molar refractivity (Wildman–Crippen MR) is 415 cm³/mol. The van der Waals surface area contributed by atoms with E-state index < -0.39 is 0 Å². The molecule has 1 saturated heterocycles. The van der Waals surface area contributed by atoms with Crippen LogP contribution in [0.25, 0.3) is 0 Å². The number of hydrogen-bond donors (Lipinski definition) is 4. The van der Waals surface area contributed by atoms with Crippen LogP contribution in [-0.4, -0.2) is 165 Å². The van der Waals surface area contributed by atoms with Gasteiger partial charge in [-0.2, -0.15) is 0 Å². The molecular weight excluding hydrogens is 1200 g/mol. The average Bonchev–Trinajstić information content (AvgIpc) is 3.60. The number of carbonyl (C=O) groups is 2. The Labute approximate surface area is 594 Å². The lowest BCUT2D eigenvalue weighted by molar-refractivity contribution is -0.111. The number of piperazine rings is 1. The Morgan fingerprint density at radius 2 is 0.479 bits per heavy atom. The highest BCUT2D eigenvalue weighted by atomic mass is 32.2. The highest BCUT2D eigenvalue weighted by molar-refractivity contribution is 8.13. The van der Waals surface area contributed by atoms with Crippen LogP contribution in [-0.2, 0) is 9.59 Å². The summed E-state index contributed by atoms with van der Waals surface area (Å²) in [6.07, 6.45) is 69.7. The van der Waals surface area contributed by atoms with Gasteiger partial charge in [0.2, 0.25) is 0 Å². The molecule has 1 fully saturated rings. The minimum Gasteiger partial charge on any atom is -0.392 e. The van der Waals surface area contributed by atoms with Gasteiger partial charge in [0.05, 0.1) is 24.4 Å². The van der Waals surface area contributed by atoms with Crippen molar-refractivity contribution < 1.29 is 30.0 Å². The first-order chi connectivity index (χ1) is 46.1. The van der Waals surface area contributed by atoms with Gasteiger partial charge in [-0.15, -0.1) is 0 Å². The SMILES string of the molecule is CCCCCCCCCCCCCCC(O)CN(CCCCC(=O)SCCN1CCN(CCSC(=O)CCCCN(CC(O)CCCCCCCCCCCCCC)CC(O)CCCCCCCCCCCCCC)CC1)CC(O)CCCCCCCCCCCCCC. The van der Waals surface area contributed by atoms with E-state index in [1.165, 1.54) is 306 Å². The lowest BCUT2D eigenvalue weighted by Gasteiger charge is -2.34. The third-order valence-corrected chi connectivity index (χ3v) is 22.3. The number of aliphatic hydroxyl groups excluding tert-OH is 4. The van der Waals surface area contributed by atoms with Crippen LogP contribution in [0.3, 0.4) is 0 Å². The Morgan fingerprint density at radius 3 is 0.681 bits per heavy atom. The lowest BCUT2D eigenvalue weighted by atomic mass is 10.0. The maximum Gasteiger partial charge on any atom is 0.188 e. The first-order valence-corrected chi connectivity index (χ1v) is 44.0. The molecule has 0 aromatic heterocycles. The van der Waals surface area contributed by atoms with Crippen LogP contribution >= 0.6 is 23.5 Å². The fraction of sp³-hybridized carbons (Fsp3) is 0.976. The minimum atomic E-state index is -0.371. The second kappa shape index (κ2) is 72.5. The molecule has 0 aromatic rings. The molecule has 0 aliphatic carbocycles. The predicted octanol–water partition coefficient (Wildman–Crippen LogP) is 21.9. The molecule has 1 rings (SSSR count). The van der Waals surface area contributed by atoms with Crippen molar-refractivity contribution in [3.05, 3.63) is 0 Å². The Hall–Kier alpha value is -0.280. The van der Waals surface area contributed by atoms with Gasteiger partial charge in [-0.05, 0) is 64.5 Å². The summed E-state index contributed by atoms with van der Waals surface area (Å²) in [4.78, 5) is 35.7. The number of hydrogen-bond acceptors (Lipinski definition) is 12. The lowest BCUT2D eigenvalue weighted by Crippen LogP contribution is -2.47. The number of aliphatic hydroxyl groups is 4. The number of nitrogens with zero attached hydrogens (tertiary/aromatic N) is 4. The number of thioether (sulfide) groups is 2. The maximum atomic E-state index is 13.1. The van der Waals surface area contributed by atoms with Crippen molar-refractivity contribution in [1.29, 1.82) is 0 Å². The third-order valence-electron chi connectivity index (χ3n) is 20.5. The van der Waals surface area contributed by atoms with Crippen molar-refractivity contribution in [1.82, 2.24) is 19.6 Å². The van der Waals surface area contributed by atoms with Crippen LogP contribution in [0.1, 0.15) is 400 Å². The standard InChI is InChI=1S/C82H164N4O6S2/c1-5-9-13-17-21-25-29-33-37-41-45-49-57-77(87)73-85(74-78(88)58-50-46-42-38-34-30-26-22-18-14-10-6-2)63-55-53-61-81(91)93-71-69-83-65-67-84(68-66-83)70-72-94-82(92)62-54-56-64-86(75-79(89)59-51-47-43-39-35-31-27-23-19-15-11-7-3)76-80(90)60-52-48-44-40-36-32-28-24-20-16-12-8-4/h77-80,87-90H,5-76H2,1-4H3. The molecule has 10 nitrogen and oxygen atoms in total. The van der Waals surface area contributed by atoms with E-state index in [1.807, 2.05) is 0 Å². The van der Waals surface area contributed by atoms with Gasteiger partial charge in [-0.3, -0.25) is 29.2 Å². The van der Waals surface area contributed by atoms with E-state index in [0.29, 0.717) is 39.0 Å². The van der Waals surface area contributed by atoms with Crippen LogP contribution in [0.2, 0.25) is 0 Å². The molecule has 0 spiro atoms. The first kappa shape index (κ1) is 91.7. The van der Waals surface area contributed by atoms with Gasteiger partial charge >= 0.3 is 0 Å². The van der Waals surface area contributed by atoms with Gasteiger partial charge in [0.15, 0.2) is 10.2 Å². The molecule has 560 valence electrons. The zero-order valence-corrected chi connectivity index (χ0v) is 65.1. The van der Waals surface area contributed by atoms with Crippen LogP contribution in [0.5, 0.6) is 0 Å². The topological polar surface area (TPSA) is 128 Å². The van der Waals surface area contributed by atoms with Crippen LogP contribution < -0.4 is 0 Å². The van der Waals surface area contributed by atoms with Crippen LogP contribution in [0.15, 0.2) is 0 Å². The molecule has 0 radical (unpaired) electrons. The summed E-state index contributed by atoms with van der Waals surface area (Å²) in [6.45, 7) is 19.1. The molecule has 12 heteroatoms. The van der Waals surface area contributed by atoms with E-state index in [9.17, 15) is 30.0 Å². The number of unbranched alkanes of at least 4 members (excludes halogenated alkanes) is 46. The van der Waals surface area contributed by atoms with Crippen molar-refractivity contribution in [2.75, 3.05) is 90.0 Å². The summed E-state index contributed by atoms with van der Waals surface area (Å²) in [7, 11) is 0. The highest BCUT2D eigenvalue weighted by Gasteiger charge is 2.20. The van der Waals surface area contributed by atoms with E-state index in [-0.39, 0.29) is 34.6 Å². The van der Waals surface area contributed by atoms with E-state index in [0.717, 1.165) is 141 Å².